The van der Waals surface area contributed by atoms with Gasteiger partial charge in [0, 0.05) is 0 Å². The third-order valence-electron chi connectivity index (χ3n) is 3.15. The summed E-state index contributed by atoms with van der Waals surface area (Å²) in [5.41, 5.74) is -0.801. The first-order chi connectivity index (χ1) is 6.06. The van der Waals surface area contributed by atoms with Gasteiger partial charge in [-0.05, 0) is 18.8 Å². The van der Waals surface area contributed by atoms with Gasteiger partial charge in [0.25, 0.3) is 0 Å². The van der Waals surface area contributed by atoms with Gasteiger partial charge in [-0.1, -0.05) is 39.5 Å². The second-order valence-corrected chi connectivity index (χ2v) is 4.71. The van der Waals surface area contributed by atoms with Gasteiger partial charge in [-0.15, -0.1) is 0 Å². The van der Waals surface area contributed by atoms with Gasteiger partial charge in [0.15, 0.2) is 0 Å². The molecule has 0 heterocycles. The van der Waals surface area contributed by atoms with Crippen LogP contribution in [0.4, 0.5) is 0 Å². The fourth-order valence-corrected chi connectivity index (χ4v) is 2.26. The highest BCUT2D eigenvalue weighted by Crippen LogP contribution is 2.32. The van der Waals surface area contributed by atoms with Crippen LogP contribution in [-0.2, 0) is 0 Å². The van der Waals surface area contributed by atoms with Crippen LogP contribution in [0.15, 0.2) is 0 Å². The first-order valence-corrected chi connectivity index (χ1v) is 5.47. The number of hydrogen-bond donors (Lipinski definition) is 2. The van der Waals surface area contributed by atoms with Gasteiger partial charge in [-0.2, -0.15) is 0 Å². The lowest BCUT2D eigenvalue weighted by Gasteiger charge is -2.34. The van der Waals surface area contributed by atoms with E-state index in [0.29, 0.717) is 0 Å². The van der Waals surface area contributed by atoms with Gasteiger partial charge in [0.05, 0.1) is 11.7 Å². The summed E-state index contributed by atoms with van der Waals surface area (Å²) >= 11 is 0. The average molecular weight is 186 g/mol. The van der Waals surface area contributed by atoms with E-state index in [2.05, 4.69) is 0 Å². The maximum Gasteiger partial charge on any atom is 0.0908 e. The van der Waals surface area contributed by atoms with Gasteiger partial charge in [0.1, 0.15) is 0 Å². The van der Waals surface area contributed by atoms with Crippen molar-refractivity contribution in [3.8, 4) is 0 Å². The fraction of sp³-hybridized carbons (Fsp3) is 1.00. The third-order valence-corrected chi connectivity index (χ3v) is 3.15. The summed E-state index contributed by atoms with van der Waals surface area (Å²) in [6.07, 6.45) is 5.50. The highest BCUT2D eigenvalue weighted by atomic mass is 16.3. The Morgan fingerprint density at radius 2 is 1.46 bits per heavy atom. The lowest BCUT2D eigenvalue weighted by molar-refractivity contribution is -0.103. The number of rotatable bonds is 2. The Morgan fingerprint density at radius 1 is 1.00 bits per heavy atom. The Kier molecular flexibility index (Phi) is 3.74. The van der Waals surface area contributed by atoms with Crippen molar-refractivity contribution in [1.29, 1.82) is 0 Å². The van der Waals surface area contributed by atoms with Crippen molar-refractivity contribution in [1.82, 2.24) is 0 Å². The maximum atomic E-state index is 10.2. The van der Waals surface area contributed by atoms with Crippen LogP contribution in [0.2, 0.25) is 0 Å². The highest BCUT2D eigenvalue weighted by Gasteiger charge is 2.37. The molecule has 2 heteroatoms. The molecule has 0 saturated heterocycles. The van der Waals surface area contributed by atoms with E-state index in [1.165, 1.54) is 12.8 Å². The number of aliphatic hydroxyl groups is 2. The highest BCUT2D eigenvalue weighted by molar-refractivity contribution is 4.89. The van der Waals surface area contributed by atoms with Crippen LogP contribution in [0.25, 0.3) is 0 Å². The van der Waals surface area contributed by atoms with E-state index in [1.807, 2.05) is 13.8 Å². The number of aliphatic hydroxyl groups excluding tert-OH is 1. The van der Waals surface area contributed by atoms with E-state index in [4.69, 9.17) is 0 Å². The lowest BCUT2D eigenvalue weighted by atomic mass is 9.83. The summed E-state index contributed by atoms with van der Waals surface area (Å²) < 4.78 is 0. The van der Waals surface area contributed by atoms with Crippen LogP contribution < -0.4 is 0 Å². The standard InChI is InChI=1S/C11H22O2/c1-9(2)10(12)11(13)7-5-3-4-6-8-11/h9-10,12-13H,3-8H2,1-2H3. The van der Waals surface area contributed by atoms with Gasteiger partial charge in [0.2, 0.25) is 0 Å². The van der Waals surface area contributed by atoms with Crippen LogP contribution in [0.3, 0.4) is 0 Å². The Bertz CT molecular complexity index is 146. The first kappa shape index (κ1) is 11.0. The van der Waals surface area contributed by atoms with E-state index in [9.17, 15) is 10.2 Å². The zero-order chi connectivity index (χ0) is 9.90. The summed E-state index contributed by atoms with van der Waals surface area (Å²) in [6.45, 7) is 3.93. The summed E-state index contributed by atoms with van der Waals surface area (Å²) in [6, 6.07) is 0. The molecule has 0 bridgehead atoms. The molecule has 2 nitrogen and oxygen atoms in total. The Morgan fingerprint density at radius 3 is 1.85 bits per heavy atom. The van der Waals surface area contributed by atoms with Crippen molar-refractivity contribution < 1.29 is 10.2 Å². The number of hydrogen-bond acceptors (Lipinski definition) is 2. The molecule has 78 valence electrons. The molecule has 1 rings (SSSR count). The van der Waals surface area contributed by atoms with Gasteiger partial charge in [-0.3, -0.25) is 0 Å². The molecular formula is C11H22O2. The Balaban J connectivity index is 2.60. The molecule has 1 fully saturated rings. The minimum Gasteiger partial charge on any atom is -0.390 e. The predicted octanol–water partition coefficient (Wildman–Crippen LogP) is 2.09. The van der Waals surface area contributed by atoms with Gasteiger partial charge < -0.3 is 10.2 Å². The lowest BCUT2D eigenvalue weighted by Crippen LogP contribution is -2.44. The molecule has 0 radical (unpaired) electrons. The van der Waals surface area contributed by atoms with Crippen LogP contribution in [-0.4, -0.2) is 21.9 Å². The molecule has 1 aliphatic carbocycles. The summed E-state index contributed by atoms with van der Waals surface area (Å²) in [4.78, 5) is 0. The van der Waals surface area contributed by atoms with Crippen LogP contribution in [0.1, 0.15) is 52.4 Å². The summed E-state index contributed by atoms with van der Waals surface area (Å²) in [5, 5.41) is 20.1. The maximum absolute atomic E-state index is 10.2. The molecule has 0 aromatic carbocycles. The van der Waals surface area contributed by atoms with Crippen LogP contribution in [0, 0.1) is 5.92 Å². The van der Waals surface area contributed by atoms with E-state index >= 15 is 0 Å². The predicted molar refractivity (Wildman–Crippen MR) is 53.5 cm³/mol. The van der Waals surface area contributed by atoms with Crippen molar-refractivity contribution in [3.05, 3.63) is 0 Å². The van der Waals surface area contributed by atoms with Crippen LogP contribution in [0.5, 0.6) is 0 Å². The first-order valence-electron chi connectivity index (χ1n) is 5.47. The topological polar surface area (TPSA) is 40.5 Å². The van der Waals surface area contributed by atoms with Crippen molar-refractivity contribution >= 4 is 0 Å². The second-order valence-electron chi connectivity index (χ2n) is 4.71. The molecule has 1 saturated carbocycles. The van der Waals surface area contributed by atoms with Crippen LogP contribution >= 0.6 is 0 Å². The third kappa shape index (κ3) is 2.68. The van der Waals surface area contributed by atoms with Gasteiger partial charge >= 0.3 is 0 Å². The van der Waals surface area contributed by atoms with Gasteiger partial charge in [-0.25, -0.2) is 0 Å². The molecule has 1 atom stereocenters. The minimum absolute atomic E-state index is 0.156. The smallest absolute Gasteiger partial charge is 0.0908 e. The molecule has 13 heavy (non-hydrogen) atoms. The van der Waals surface area contributed by atoms with Crippen molar-refractivity contribution in [3.63, 3.8) is 0 Å². The van der Waals surface area contributed by atoms with Crippen molar-refractivity contribution in [2.24, 2.45) is 5.92 Å². The quantitative estimate of drug-likeness (QED) is 0.648. The molecule has 0 amide bonds. The van der Waals surface area contributed by atoms with Crippen molar-refractivity contribution in [2.45, 2.75) is 64.1 Å². The van der Waals surface area contributed by atoms with E-state index in [-0.39, 0.29) is 5.92 Å². The van der Waals surface area contributed by atoms with E-state index < -0.39 is 11.7 Å². The normalized spacial score (nSPS) is 25.6. The average Bonchev–Trinajstić information content (AvgIpc) is 2.29. The van der Waals surface area contributed by atoms with Crippen molar-refractivity contribution in [2.75, 3.05) is 0 Å². The second kappa shape index (κ2) is 4.43. The monoisotopic (exact) mass is 186 g/mol. The molecule has 0 aromatic heterocycles. The molecule has 1 unspecified atom stereocenters. The zero-order valence-electron chi connectivity index (χ0n) is 8.79. The molecule has 2 N–H and O–H groups in total. The Hall–Kier alpha value is -0.0800. The zero-order valence-corrected chi connectivity index (χ0v) is 8.79. The minimum atomic E-state index is -0.801. The SMILES string of the molecule is CC(C)C(O)C1(O)CCCCCC1. The molecule has 0 aromatic rings. The summed E-state index contributed by atoms with van der Waals surface area (Å²) in [5.74, 6) is 0.156. The molecule has 1 aliphatic rings. The molecular weight excluding hydrogens is 164 g/mol. The molecule has 0 spiro atoms. The fourth-order valence-electron chi connectivity index (χ4n) is 2.26. The summed E-state index contributed by atoms with van der Waals surface area (Å²) in [7, 11) is 0. The largest absolute Gasteiger partial charge is 0.390 e. The van der Waals surface area contributed by atoms with E-state index in [1.54, 1.807) is 0 Å². The Labute approximate surface area is 81.0 Å². The van der Waals surface area contributed by atoms with E-state index in [0.717, 1.165) is 25.7 Å². The molecule has 0 aliphatic heterocycles.